The van der Waals surface area contributed by atoms with E-state index in [0.717, 1.165) is 4.68 Å². The first-order valence-electron chi connectivity index (χ1n) is 8.42. The van der Waals surface area contributed by atoms with E-state index in [1.165, 1.54) is 35.0 Å². The van der Waals surface area contributed by atoms with Gasteiger partial charge >= 0.3 is 5.69 Å². The molecule has 0 aliphatic heterocycles. The maximum absolute atomic E-state index is 13.4. The number of aromatic nitrogens is 4. The largest absolute Gasteiger partial charge is 0.436 e. The van der Waals surface area contributed by atoms with Crippen molar-refractivity contribution in [3.63, 3.8) is 0 Å². The summed E-state index contributed by atoms with van der Waals surface area (Å²) < 4.78 is 21.1. The molecule has 0 spiro atoms. The predicted octanol–water partition coefficient (Wildman–Crippen LogP) is 3.11. The highest BCUT2D eigenvalue weighted by Gasteiger charge is 2.16. The molecule has 10 heteroatoms. The normalized spacial score (nSPS) is 10.8. The lowest BCUT2D eigenvalue weighted by atomic mass is 10.3. The molecule has 0 saturated heterocycles. The van der Waals surface area contributed by atoms with Crippen LogP contribution < -0.4 is 15.7 Å². The molecule has 0 aliphatic rings. The van der Waals surface area contributed by atoms with Gasteiger partial charge in [0, 0.05) is 29.2 Å². The highest BCUT2D eigenvalue weighted by Crippen LogP contribution is 2.22. The van der Waals surface area contributed by atoms with Crippen molar-refractivity contribution in [1.82, 2.24) is 19.2 Å². The molecule has 8 nitrogen and oxygen atoms in total. The van der Waals surface area contributed by atoms with Gasteiger partial charge in [0.25, 0.3) is 5.88 Å². The number of carbonyl (C=O) groups is 1. The summed E-state index contributed by atoms with van der Waals surface area (Å²) in [5.41, 5.74) is 0.0427. The van der Waals surface area contributed by atoms with Gasteiger partial charge in [0.1, 0.15) is 18.1 Å². The van der Waals surface area contributed by atoms with Crippen molar-refractivity contribution in [1.29, 1.82) is 0 Å². The predicted molar refractivity (Wildman–Crippen MR) is 104 cm³/mol. The van der Waals surface area contributed by atoms with E-state index in [4.69, 9.17) is 16.3 Å². The molecule has 29 heavy (non-hydrogen) atoms. The molecule has 2 heterocycles. The van der Waals surface area contributed by atoms with Crippen molar-refractivity contribution in [3.8, 4) is 11.6 Å². The van der Waals surface area contributed by atoms with Crippen LogP contribution in [0, 0.1) is 5.82 Å². The highest BCUT2D eigenvalue weighted by molar-refractivity contribution is 6.30. The van der Waals surface area contributed by atoms with E-state index in [1.54, 1.807) is 30.3 Å². The Bertz CT molecular complexity index is 1270. The molecule has 1 N–H and O–H groups in total. The summed E-state index contributed by atoms with van der Waals surface area (Å²) in [6.07, 6.45) is 2.75. The molecule has 0 fully saturated rings. The minimum absolute atomic E-state index is 0.00389. The standard InChI is InChI=1S/C19H13ClFN5O3/c20-12-3-1-5-14(9-12)23-16(27)11-26-19(28)25-8-7-22-18(17(25)24-26)29-15-6-2-4-13(21)10-15/h1-10H,11H2,(H,23,27). The number of ether oxygens (including phenoxy) is 1. The lowest BCUT2D eigenvalue weighted by molar-refractivity contribution is -0.117. The fourth-order valence-electron chi connectivity index (χ4n) is 2.65. The Morgan fingerprint density at radius 1 is 1.21 bits per heavy atom. The summed E-state index contributed by atoms with van der Waals surface area (Å²) in [7, 11) is 0. The van der Waals surface area contributed by atoms with Gasteiger partial charge < -0.3 is 10.1 Å². The zero-order valence-corrected chi connectivity index (χ0v) is 15.5. The van der Waals surface area contributed by atoms with Crippen LogP contribution in [0.15, 0.2) is 65.7 Å². The third-order valence-electron chi connectivity index (χ3n) is 3.88. The summed E-state index contributed by atoms with van der Waals surface area (Å²) in [5, 5.41) is 7.24. The third-order valence-corrected chi connectivity index (χ3v) is 4.12. The van der Waals surface area contributed by atoms with Gasteiger partial charge in [-0.1, -0.05) is 23.7 Å². The fourth-order valence-corrected chi connectivity index (χ4v) is 2.84. The Kier molecular flexibility index (Phi) is 4.96. The first-order valence-corrected chi connectivity index (χ1v) is 8.80. The number of nitrogens with zero attached hydrogens (tertiary/aromatic N) is 4. The molecule has 0 atom stereocenters. The molecule has 1 amide bonds. The molecule has 0 unspecified atom stereocenters. The van der Waals surface area contributed by atoms with E-state index in [1.807, 2.05) is 0 Å². The molecule has 0 aliphatic carbocycles. The monoisotopic (exact) mass is 413 g/mol. The second-order valence-corrected chi connectivity index (χ2v) is 6.42. The van der Waals surface area contributed by atoms with E-state index in [0.29, 0.717) is 10.7 Å². The van der Waals surface area contributed by atoms with E-state index in [9.17, 15) is 14.0 Å². The molecule has 0 saturated carbocycles. The number of amides is 1. The van der Waals surface area contributed by atoms with Crippen molar-refractivity contribution in [2.24, 2.45) is 0 Å². The number of benzene rings is 2. The van der Waals surface area contributed by atoms with Crippen LogP contribution in [0.4, 0.5) is 10.1 Å². The van der Waals surface area contributed by atoms with Crippen molar-refractivity contribution in [2.45, 2.75) is 6.54 Å². The SMILES string of the molecule is O=C(Cn1nc2c(Oc3cccc(F)c3)nccn2c1=O)Nc1cccc(Cl)c1. The van der Waals surface area contributed by atoms with Crippen LogP contribution in [0.2, 0.25) is 5.02 Å². The first kappa shape index (κ1) is 18.6. The van der Waals surface area contributed by atoms with Gasteiger partial charge in [0.05, 0.1) is 0 Å². The lowest BCUT2D eigenvalue weighted by Crippen LogP contribution is -2.28. The van der Waals surface area contributed by atoms with Crippen LogP contribution in [-0.4, -0.2) is 25.1 Å². The zero-order chi connectivity index (χ0) is 20.4. The lowest BCUT2D eigenvalue weighted by Gasteiger charge is -2.05. The number of anilines is 1. The smallest absolute Gasteiger partial charge is 0.351 e. The summed E-state index contributed by atoms with van der Waals surface area (Å²) in [4.78, 5) is 28.9. The number of hydrogen-bond donors (Lipinski definition) is 1. The Balaban J connectivity index is 1.60. The Morgan fingerprint density at radius 3 is 2.83 bits per heavy atom. The highest BCUT2D eigenvalue weighted by atomic mass is 35.5. The summed E-state index contributed by atoms with van der Waals surface area (Å²) >= 11 is 5.89. The van der Waals surface area contributed by atoms with E-state index in [2.05, 4.69) is 15.4 Å². The van der Waals surface area contributed by atoms with Gasteiger partial charge in [-0.3, -0.25) is 4.79 Å². The van der Waals surface area contributed by atoms with Crippen LogP contribution in [0.25, 0.3) is 5.65 Å². The Labute approximate surface area is 168 Å². The Morgan fingerprint density at radius 2 is 2.03 bits per heavy atom. The molecular weight excluding hydrogens is 401 g/mol. The molecule has 0 radical (unpaired) electrons. The molecule has 0 bridgehead atoms. The number of carbonyl (C=O) groups excluding carboxylic acids is 1. The van der Waals surface area contributed by atoms with Crippen LogP contribution in [0.5, 0.6) is 11.6 Å². The van der Waals surface area contributed by atoms with E-state index >= 15 is 0 Å². The maximum Gasteiger partial charge on any atom is 0.351 e. The quantitative estimate of drug-likeness (QED) is 0.543. The van der Waals surface area contributed by atoms with E-state index < -0.39 is 17.4 Å². The van der Waals surface area contributed by atoms with E-state index in [-0.39, 0.29) is 23.8 Å². The second kappa shape index (κ2) is 7.72. The second-order valence-electron chi connectivity index (χ2n) is 5.98. The van der Waals surface area contributed by atoms with Gasteiger partial charge in [0.2, 0.25) is 11.6 Å². The minimum atomic E-state index is -0.548. The molecule has 2 aromatic carbocycles. The molecule has 4 rings (SSSR count). The number of fused-ring (bicyclic) bond motifs is 1. The van der Waals surface area contributed by atoms with Gasteiger partial charge in [-0.2, -0.15) is 0 Å². The number of halogens is 2. The van der Waals surface area contributed by atoms with Crippen molar-refractivity contribution < 1.29 is 13.9 Å². The van der Waals surface area contributed by atoms with Crippen molar-refractivity contribution in [3.05, 3.63) is 82.2 Å². The zero-order valence-electron chi connectivity index (χ0n) is 14.8. The molecule has 4 aromatic rings. The van der Waals surface area contributed by atoms with Crippen molar-refractivity contribution >= 4 is 28.8 Å². The van der Waals surface area contributed by atoms with Gasteiger partial charge in [-0.05, 0) is 30.3 Å². The van der Waals surface area contributed by atoms with Crippen LogP contribution in [-0.2, 0) is 11.3 Å². The number of hydrogen-bond acceptors (Lipinski definition) is 5. The Hall–Kier alpha value is -3.72. The minimum Gasteiger partial charge on any atom is -0.436 e. The average molecular weight is 414 g/mol. The summed E-state index contributed by atoms with van der Waals surface area (Å²) in [6.45, 7) is -0.327. The number of rotatable bonds is 5. The number of nitrogens with one attached hydrogen (secondary N) is 1. The molecule has 2 aromatic heterocycles. The fraction of sp³-hybridized carbons (Fsp3) is 0.0526. The topological polar surface area (TPSA) is 90.5 Å². The average Bonchev–Trinajstić information content (AvgIpc) is 2.99. The first-order chi connectivity index (χ1) is 14.0. The van der Waals surface area contributed by atoms with Gasteiger partial charge in [-0.25, -0.2) is 23.3 Å². The van der Waals surface area contributed by atoms with Crippen molar-refractivity contribution in [2.75, 3.05) is 5.32 Å². The summed E-state index contributed by atoms with van der Waals surface area (Å²) in [6, 6.07) is 12.1. The summed E-state index contributed by atoms with van der Waals surface area (Å²) in [5.74, 6) is -0.733. The van der Waals surface area contributed by atoms with Gasteiger partial charge in [0.15, 0.2) is 0 Å². The maximum atomic E-state index is 13.4. The van der Waals surface area contributed by atoms with Crippen LogP contribution in [0.1, 0.15) is 0 Å². The molecule has 146 valence electrons. The third kappa shape index (κ3) is 4.09. The van der Waals surface area contributed by atoms with Crippen LogP contribution in [0.3, 0.4) is 0 Å². The van der Waals surface area contributed by atoms with Crippen LogP contribution >= 0.6 is 11.6 Å². The molecular formula is C19H13ClFN5O3. The van der Waals surface area contributed by atoms with Gasteiger partial charge in [-0.15, -0.1) is 5.10 Å².